The molecular formula is C14H25N3O2. The molecule has 2 fully saturated rings. The molecule has 1 saturated heterocycles. The Morgan fingerprint density at radius 3 is 2.47 bits per heavy atom. The number of carbonyl (C=O) groups excluding carboxylic acids is 2. The molecule has 2 unspecified atom stereocenters. The third-order valence-corrected chi connectivity index (χ3v) is 3.97. The third kappa shape index (κ3) is 3.93. The van der Waals surface area contributed by atoms with E-state index in [1.54, 1.807) is 0 Å². The van der Waals surface area contributed by atoms with Crippen molar-refractivity contribution in [2.75, 3.05) is 40.3 Å². The molecule has 2 atom stereocenters. The van der Waals surface area contributed by atoms with Crippen LogP contribution in [0.4, 0.5) is 0 Å². The van der Waals surface area contributed by atoms with Crippen molar-refractivity contribution in [3.05, 3.63) is 0 Å². The van der Waals surface area contributed by atoms with E-state index in [-0.39, 0.29) is 23.7 Å². The van der Waals surface area contributed by atoms with Crippen molar-refractivity contribution < 1.29 is 9.59 Å². The second-order valence-corrected chi connectivity index (χ2v) is 5.93. The number of amides is 2. The maximum Gasteiger partial charge on any atom is 0.226 e. The zero-order chi connectivity index (χ0) is 13.8. The average Bonchev–Trinajstić information content (AvgIpc) is 3.18. The highest BCUT2D eigenvalue weighted by molar-refractivity contribution is 5.92. The zero-order valence-electron chi connectivity index (χ0n) is 12.0. The smallest absolute Gasteiger partial charge is 0.226 e. The number of nitrogens with zero attached hydrogens (tertiary/aromatic N) is 2. The summed E-state index contributed by atoms with van der Waals surface area (Å²) in [7, 11) is 3.96. The van der Waals surface area contributed by atoms with Crippen LogP contribution in [-0.2, 0) is 9.59 Å². The lowest BCUT2D eigenvalue weighted by Crippen LogP contribution is -2.38. The zero-order valence-corrected chi connectivity index (χ0v) is 12.0. The lowest BCUT2D eigenvalue weighted by molar-refractivity contribution is -0.135. The van der Waals surface area contributed by atoms with Gasteiger partial charge in [0.05, 0.1) is 11.8 Å². The van der Waals surface area contributed by atoms with Crippen molar-refractivity contribution in [1.29, 1.82) is 0 Å². The number of rotatable bonds is 5. The number of piperidine rings is 1. The van der Waals surface area contributed by atoms with Gasteiger partial charge < -0.3 is 15.1 Å². The van der Waals surface area contributed by atoms with Gasteiger partial charge in [-0.2, -0.15) is 0 Å². The van der Waals surface area contributed by atoms with Gasteiger partial charge in [0.25, 0.3) is 0 Å². The van der Waals surface area contributed by atoms with E-state index >= 15 is 0 Å². The first-order chi connectivity index (χ1) is 9.09. The normalized spacial score (nSPS) is 26.4. The number of likely N-dealkylation sites (N-methyl/N-ethyl adjacent to an activating group) is 1. The van der Waals surface area contributed by atoms with Crippen molar-refractivity contribution in [1.82, 2.24) is 15.1 Å². The molecule has 2 aliphatic rings. The van der Waals surface area contributed by atoms with Crippen LogP contribution in [0.5, 0.6) is 0 Å². The molecule has 1 heterocycles. The second-order valence-electron chi connectivity index (χ2n) is 5.93. The van der Waals surface area contributed by atoms with Crippen LogP contribution in [0.1, 0.15) is 25.7 Å². The first-order valence-corrected chi connectivity index (χ1v) is 7.31. The molecule has 1 saturated carbocycles. The fraction of sp³-hybridized carbons (Fsp3) is 0.857. The third-order valence-electron chi connectivity index (χ3n) is 3.97. The van der Waals surface area contributed by atoms with Crippen LogP contribution < -0.4 is 5.32 Å². The van der Waals surface area contributed by atoms with Crippen LogP contribution in [0.2, 0.25) is 0 Å². The molecule has 0 aromatic carbocycles. The predicted octanol–water partition coefficient (Wildman–Crippen LogP) is 0.313. The summed E-state index contributed by atoms with van der Waals surface area (Å²) in [5.74, 6) is 0.138. The molecule has 1 aliphatic heterocycles. The molecule has 0 aromatic rings. The molecule has 2 rings (SSSR count). The van der Waals surface area contributed by atoms with Gasteiger partial charge in [0, 0.05) is 26.2 Å². The standard InChI is InChI=1S/C14H25N3O2/c1-16(2)9-6-15-13(18)11-10-12(11)14(19)17-7-4-3-5-8-17/h11-12H,3-10H2,1-2H3,(H,15,18). The minimum Gasteiger partial charge on any atom is -0.355 e. The van der Waals surface area contributed by atoms with E-state index in [4.69, 9.17) is 0 Å². The van der Waals surface area contributed by atoms with E-state index in [1.165, 1.54) is 6.42 Å². The van der Waals surface area contributed by atoms with Crippen LogP contribution >= 0.6 is 0 Å². The summed E-state index contributed by atoms with van der Waals surface area (Å²) in [4.78, 5) is 28.1. The molecule has 5 nitrogen and oxygen atoms in total. The van der Waals surface area contributed by atoms with E-state index in [0.717, 1.165) is 38.9 Å². The maximum absolute atomic E-state index is 12.2. The van der Waals surface area contributed by atoms with E-state index < -0.39 is 0 Å². The summed E-state index contributed by atoms with van der Waals surface area (Å²) >= 11 is 0. The molecule has 5 heteroatoms. The Bertz CT molecular complexity index is 338. The Balaban J connectivity index is 1.70. The first kappa shape index (κ1) is 14.3. The van der Waals surface area contributed by atoms with Crippen LogP contribution in [0.25, 0.3) is 0 Å². The van der Waals surface area contributed by atoms with E-state index in [0.29, 0.717) is 6.54 Å². The Labute approximate surface area is 115 Å². The van der Waals surface area contributed by atoms with Gasteiger partial charge in [-0.05, 0) is 39.8 Å². The molecule has 0 radical (unpaired) electrons. The van der Waals surface area contributed by atoms with Gasteiger partial charge in [-0.25, -0.2) is 0 Å². The Morgan fingerprint density at radius 1 is 1.16 bits per heavy atom. The molecular weight excluding hydrogens is 242 g/mol. The van der Waals surface area contributed by atoms with Gasteiger partial charge >= 0.3 is 0 Å². The first-order valence-electron chi connectivity index (χ1n) is 7.31. The Kier molecular flexibility index (Phi) is 4.80. The molecule has 1 N–H and O–H groups in total. The number of likely N-dealkylation sites (tertiary alicyclic amines) is 1. The Hall–Kier alpha value is -1.10. The lowest BCUT2D eigenvalue weighted by atomic mass is 10.1. The van der Waals surface area contributed by atoms with Gasteiger partial charge in [-0.1, -0.05) is 0 Å². The quantitative estimate of drug-likeness (QED) is 0.780. The summed E-state index contributed by atoms with van der Waals surface area (Å²) in [5, 5.41) is 2.91. The average molecular weight is 267 g/mol. The minimum atomic E-state index is -0.0726. The van der Waals surface area contributed by atoms with Crippen molar-refractivity contribution in [3.8, 4) is 0 Å². The number of carbonyl (C=O) groups is 2. The Morgan fingerprint density at radius 2 is 1.84 bits per heavy atom. The SMILES string of the molecule is CN(C)CCNC(=O)C1CC1C(=O)N1CCCCC1. The molecule has 1 aliphatic carbocycles. The van der Waals surface area contributed by atoms with Crippen LogP contribution in [0.15, 0.2) is 0 Å². The van der Waals surface area contributed by atoms with Gasteiger partial charge in [-0.15, -0.1) is 0 Å². The highest BCUT2D eigenvalue weighted by Gasteiger charge is 2.49. The van der Waals surface area contributed by atoms with Crippen molar-refractivity contribution >= 4 is 11.8 Å². The molecule has 0 aromatic heterocycles. The highest BCUT2D eigenvalue weighted by atomic mass is 16.2. The topological polar surface area (TPSA) is 52.7 Å². The van der Waals surface area contributed by atoms with Gasteiger partial charge in [-0.3, -0.25) is 9.59 Å². The molecule has 2 amide bonds. The lowest BCUT2D eigenvalue weighted by Gasteiger charge is -2.26. The minimum absolute atomic E-state index is 0.0440. The highest BCUT2D eigenvalue weighted by Crippen LogP contribution is 2.40. The van der Waals surface area contributed by atoms with Crippen molar-refractivity contribution in [2.45, 2.75) is 25.7 Å². The van der Waals surface area contributed by atoms with Gasteiger partial charge in [0.2, 0.25) is 11.8 Å². The maximum atomic E-state index is 12.2. The number of hydrogen-bond donors (Lipinski definition) is 1. The largest absolute Gasteiger partial charge is 0.355 e. The summed E-state index contributed by atoms with van der Waals surface area (Å²) < 4.78 is 0. The second kappa shape index (κ2) is 6.37. The molecule has 0 bridgehead atoms. The number of hydrogen-bond acceptors (Lipinski definition) is 3. The van der Waals surface area contributed by atoms with Crippen LogP contribution in [0.3, 0.4) is 0 Å². The summed E-state index contributed by atoms with van der Waals surface area (Å²) in [6.07, 6.45) is 4.18. The summed E-state index contributed by atoms with van der Waals surface area (Å²) in [6, 6.07) is 0. The van der Waals surface area contributed by atoms with E-state index in [9.17, 15) is 9.59 Å². The van der Waals surface area contributed by atoms with E-state index in [2.05, 4.69) is 5.32 Å². The summed E-state index contributed by atoms with van der Waals surface area (Å²) in [5.41, 5.74) is 0. The van der Waals surface area contributed by atoms with Gasteiger partial charge in [0.15, 0.2) is 0 Å². The van der Waals surface area contributed by atoms with Crippen LogP contribution in [0, 0.1) is 11.8 Å². The summed E-state index contributed by atoms with van der Waals surface area (Å²) in [6.45, 7) is 3.25. The fourth-order valence-corrected chi connectivity index (χ4v) is 2.64. The van der Waals surface area contributed by atoms with Gasteiger partial charge in [0.1, 0.15) is 0 Å². The van der Waals surface area contributed by atoms with Crippen molar-refractivity contribution in [2.24, 2.45) is 11.8 Å². The number of nitrogens with one attached hydrogen (secondary N) is 1. The molecule has 108 valence electrons. The van der Waals surface area contributed by atoms with Crippen molar-refractivity contribution in [3.63, 3.8) is 0 Å². The fourth-order valence-electron chi connectivity index (χ4n) is 2.64. The van der Waals surface area contributed by atoms with E-state index in [1.807, 2.05) is 23.9 Å². The predicted molar refractivity (Wildman–Crippen MR) is 73.6 cm³/mol. The molecule has 19 heavy (non-hydrogen) atoms. The molecule has 0 spiro atoms. The monoisotopic (exact) mass is 267 g/mol. The van der Waals surface area contributed by atoms with Crippen LogP contribution in [-0.4, -0.2) is 61.9 Å².